The normalized spacial score (nSPS) is 11.2. The predicted octanol–water partition coefficient (Wildman–Crippen LogP) is 3.28. The van der Waals surface area contributed by atoms with Crippen LogP contribution in [0.5, 0.6) is 5.75 Å². The van der Waals surface area contributed by atoms with Crippen molar-refractivity contribution in [2.45, 2.75) is 0 Å². The summed E-state index contributed by atoms with van der Waals surface area (Å²) in [4.78, 5) is 0. The van der Waals surface area contributed by atoms with Crippen molar-refractivity contribution in [3.63, 3.8) is 0 Å². The molecule has 80 valence electrons. The molecule has 1 aromatic rings. The van der Waals surface area contributed by atoms with E-state index in [1.54, 1.807) is 37.5 Å². The van der Waals surface area contributed by atoms with Crippen LogP contribution in [0.15, 0.2) is 30.3 Å². The van der Waals surface area contributed by atoms with Crippen LogP contribution in [0.1, 0.15) is 5.56 Å². The molecule has 0 bridgehead atoms. The van der Waals surface area contributed by atoms with Crippen molar-refractivity contribution in [3.05, 3.63) is 35.9 Å². The minimum absolute atomic E-state index is 0.178. The number of hydrogen-bond donors (Lipinski definition) is 1. The molecule has 1 rings (SSSR count). The van der Waals surface area contributed by atoms with E-state index in [1.165, 1.54) is 11.8 Å². The minimum Gasteiger partial charge on any atom is -0.507 e. The van der Waals surface area contributed by atoms with Gasteiger partial charge < -0.3 is 9.84 Å². The third-order valence-corrected chi connectivity index (χ3v) is 2.98. The summed E-state index contributed by atoms with van der Waals surface area (Å²) in [5, 5.41) is 9.71. The lowest BCUT2D eigenvalue weighted by atomic mass is 10.2. The SMILES string of the molecule is COc1ccc(/C(O)=C/C(=S)SC)cc1. The number of methoxy groups -OCH3 is 1. The van der Waals surface area contributed by atoms with Gasteiger partial charge in [0.2, 0.25) is 0 Å². The smallest absolute Gasteiger partial charge is 0.124 e. The first-order valence-corrected chi connectivity index (χ1v) is 5.93. The van der Waals surface area contributed by atoms with Gasteiger partial charge in [0.1, 0.15) is 11.5 Å². The Hall–Kier alpha value is -1.00. The second-order valence-corrected chi connectivity index (χ2v) is 4.33. The van der Waals surface area contributed by atoms with Crippen molar-refractivity contribution in [2.75, 3.05) is 13.4 Å². The van der Waals surface area contributed by atoms with Gasteiger partial charge >= 0.3 is 0 Å². The van der Waals surface area contributed by atoms with Crippen LogP contribution in [0.4, 0.5) is 0 Å². The van der Waals surface area contributed by atoms with Crippen LogP contribution in [0.2, 0.25) is 0 Å². The van der Waals surface area contributed by atoms with Crippen LogP contribution in [0.25, 0.3) is 5.76 Å². The molecule has 0 saturated heterocycles. The van der Waals surface area contributed by atoms with E-state index in [0.29, 0.717) is 4.20 Å². The van der Waals surface area contributed by atoms with Crippen LogP contribution in [0, 0.1) is 0 Å². The summed E-state index contributed by atoms with van der Waals surface area (Å²) in [6.45, 7) is 0. The molecule has 0 aliphatic carbocycles. The molecule has 0 amide bonds. The molecular formula is C11H12O2S2. The van der Waals surface area contributed by atoms with Gasteiger partial charge in [0.05, 0.1) is 11.3 Å². The van der Waals surface area contributed by atoms with Crippen molar-refractivity contribution in [3.8, 4) is 5.75 Å². The Morgan fingerprint density at radius 3 is 2.47 bits per heavy atom. The van der Waals surface area contributed by atoms with E-state index in [0.717, 1.165) is 11.3 Å². The highest BCUT2D eigenvalue weighted by atomic mass is 32.2. The lowest BCUT2D eigenvalue weighted by Crippen LogP contribution is -1.88. The predicted molar refractivity (Wildman–Crippen MR) is 69.7 cm³/mol. The number of hydrogen-bond acceptors (Lipinski definition) is 4. The minimum atomic E-state index is 0.178. The Morgan fingerprint density at radius 2 is 2.00 bits per heavy atom. The molecule has 0 radical (unpaired) electrons. The second kappa shape index (κ2) is 5.78. The molecule has 0 saturated carbocycles. The fourth-order valence-electron chi connectivity index (χ4n) is 1.02. The van der Waals surface area contributed by atoms with Gasteiger partial charge in [-0.3, -0.25) is 0 Å². The number of rotatable bonds is 3. The van der Waals surface area contributed by atoms with Crippen LogP contribution < -0.4 is 4.74 Å². The monoisotopic (exact) mass is 240 g/mol. The molecule has 4 heteroatoms. The molecule has 0 aliphatic rings. The number of aliphatic hydroxyl groups is 1. The highest BCUT2D eigenvalue weighted by Crippen LogP contribution is 2.17. The lowest BCUT2D eigenvalue weighted by molar-refractivity contribution is 0.414. The summed E-state index contributed by atoms with van der Waals surface area (Å²) < 4.78 is 5.68. The maximum absolute atomic E-state index is 9.71. The first kappa shape index (κ1) is 12.1. The summed E-state index contributed by atoms with van der Waals surface area (Å²) in [6, 6.07) is 7.16. The quantitative estimate of drug-likeness (QED) is 0.499. The molecule has 1 aromatic carbocycles. The Labute approximate surface area is 99.0 Å². The van der Waals surface area contributed by atoms with Gasteiger partial charge in [0.25, 0.3) is 0 Å². The van der Waals surface area contributed by atoms with Gasteiger partial charge in [-0.1, -0.05) is 12.2 Å². The number of thiocarbonyl (C=S) groups is 1. The largest absolute Gasteiger partial charge is 0.507 e. The zero-order valence-electron chi connectivity index (χ0n) is 8.56. The summed E-state index contributed by atoms with van der Waals surface area (Å²) >= 11 is 6.41. The molecule has 0 heterocycles. The van der Waals surface area contributed by atoms with Crippen LogP contribution in [-0.4, -0.2) is 22.7 Å². The fraction of sp³-hybridized carbons (Fsp3) is 0.182. The summed E-state index contributed by atoms with van der Waals surface area (Å²) in [5.74, 6) is 0.941. The van der Waals surface area contributed by atoms with E-state index in [4.69, 9.17) is 17.0 Å². The number of thioether (sulfide) groups is 1. The van der Waals surface area contributed by atoms with Crippen LogP contribution in [0.3, 0.4) is 0 Å². The number of benzene rings is 1. The average molecular weight is 240 g/mol. The van der Waals surface area contributed by atoms with Crippen molar-refractivity contribution in [1.82, 2.24) is 0 Å². The molecule has 2 nitrogen and oxygen atoms in total. The molecule has 1 N–H and O–H groups in total. The lowest BCUT2D eigenvalue weighted by Gasteiger charge is -2.02. The van der Waals surface area contributed by atoms with Crippen molar-refractivity contribution in [1.29, 1.82) is 0 Å². The molecular weight excluding hydrogens is 228 g/mol. The highest BCUT2D eigenvalue weighted by molar-refractivity contribution is 8.23. The summed E-state index contributed by atoms with van der Waals surface area (Å²) in [6.07, 6.45) is 3.45. The number of aliphatic hydroxyl groups excluding tert-OH is 1. The zero-order valence-corrected chi connectivity index (χ0v) is 10.2. The van der Waals surface area contributed by atoms with Gasteiger partial charge in [-0.05, 0) is 30.5 Å². The van der Waals surface area contributed by atoms with E-state index >= 15 is 0 Å². The molecule has 0 aromatic heterocycles. The van der Waals surface area contributed by atoms with Crippen molar-refractivity contribution in [2.24, 2.45) is 0 Å². The van der Waals surface area contributed by atoms with E-state index in [9.17, 15) is 5.11 Å². The molecule has 0 aliphatic heterocycles. The first-order valence-electron chi connectivity index (χ1n) is 4.30. The molecule has 0 atom stereocenters. The van der Waals surface area contributed by atoms with E-state index in [1.807, 2.05) is 6.26 Å². The maximum atomic E-state index is 9.71. The highest BCUT2D eigenvalue weighted by Gasteiger charge is 2.00. The van der Waals surface area contributed by atoms with E-state index in [-0.39, 0.29) is 5.76 Å². The third-order valence-electron chi connectivity index (χ3n) is 1.84. The van der Waals surface area contributed by atoms with Gasteiger partial charge in [-0.25, -0.2) is 0 Å². The topological polar surface area (TPSA) is 29.5 Å². The van der Waals surface area contributed by atoms with Gasteiger partial charge in [-0.2, -0.15) is 0 Å². The van der Waals surface area contributed by atoms with Crippen molar-refractivity contribution >= 4 is 33.9 Å². The van der Waals surface area contributed by atoms with E-state index < -0.39 is 0 Å². The molecule has 0 fully saturated rings. The van der Waals surface area contributed by atoms with Crippen LogP contribution >= 0.6 is 24.0 Å². The van der Waals surface area contributed by atoms with Gasteiger partial charge in [0, 0.05) is 11.6 Å². The zero-order chi connectivity index (χ0) is 11.3. The van der Waals surface area contributed by atoms with Crippen molar-refractivity contribution < 1.29 is 9.84 Å². The van der Waals surface area contributed by atoms with Gasteiger partial charge in [-0.15, -0.1) is 11.8 Å². The standard InChI is InChI=1S/C11H12O2S2/c1-13-9-5-3-8(4-6-9)10(12)7-11(14)15-2/h3-7,12H,1-2H3/b10-7-. The molecule has 0 unspecified atom stereocenters. The average Bonchev–Trinajstić information content (AvgIpc) is 2.29. The Balaban J connectivity index is 2.87. The van der Waals surface area contributed by atoms with Gasteiger partial charge in [0.15, 0.2) is 0 Å². The Kier molecular flexibility index (Phi) is 4.65. The summed E-state index contributed by atoms with van der Waals surface area (Å²) in [7, 11) is 1.60. The number of ether oxygens (including phenoxy) is 1. The Morgan fingerprint density at radius 1 is 1.40 bits per heavy atom. The summed E-state index contributed by atoms with van der Waals surface area (Å²) in [5.41, 5.74) is 0.729. The second-order valence-electron chi connectivity index (χ2n) is 2.78. The van der Waals surface area contributed by atoms with E-state index in [2.05, 4.69) is 0 Å². The fourth-order valence-corrected chi connectivity index (χ4v) is 1.36. The Bertz CT molecular complexity index is 369. The third kappa shape index (κ3) is 3.57. The molecule has 15 heavy (non-hydrogen) atoms. The maximum Gasteiger partial charge on any atom is 0.124 e. The molecule has 0 spiro atoms. The van der Waals surface area contributed by atoms with Crippen LogP contribution in [-0.2, 0) is 0 Å². The first-order chi connectivity index (χ1) is 7.17.